The Kier molecular flexibility index (Phi) is 9.68. The van der Waals surface area contributed by atoms with E-state index in [2.05, 4.69) is 32.1 Å². The zero-order valence-corrected chi connectivity index (χ0v) is 31.0. The van der Waals surface area contributed by atoms with E-state index >= 15 is 0 Å². The van der Waals surface area contributed by atoms with Crippen molar-refractivity contribution >= 4 is 23.2 Å². The molecule has 2 N–H and O–H groups in total. The molecule has 7 heteroatoms. The van der Waals surface area contributed by atoms with Crippen LogP contribution in [0.1, 0.15) is 135 Å². The van der Waals surface area contributed by atoms with Crippen LogP contribution in [0.2, 0.25) is 0 Å². The van der Waals surface area contributed by atoms with Gasteiger partial charge in [0.25, 0.3) is 0 Å². The Labute approximate surface area is 297 Å². The fraction of sp³-hybridized carbons (Fsp3) is 0.667. The van der Waals surface area contributed by atoms with Crippen LogP contribution in [0.4, 0.5) is 4.79 Å². The average Bonchev–Trinajstić information content (AvgIpc) is 3.58. The van der Waals surface area contributed by atoms with Crippen molar-refractivity contribution in [2.75, 3.05) is 19.7 Å². The number of allylic oxidation sites excluding steroid dienone is 2. The van der Waals surface area contributed by atoms with Gasteiger partial charge < -0.3 is 19.8 Å². The molecule has 0 unspecified atom stereocenters. The molecule has 7 aliphatic carbocycles. The Hall–Kier alpha value is -2.48. The molecular weight excluding hydrogens is 631 g/mol. The average molecular weight is 688 g/mol. The van der Waals surface area contributed by atoms with Crippen molar-refractivity contribution in [1.82, 2.24) is 4.90 Å². The summed E-state index contributed by atoms with van der Waals surface area (Å²) in [7, 11) is 0. The molecule has 1 heterocycles. The summed E-state index contributed by atoms with van der Waals surface area (Å²) in [4.78, 5) is 31.8. The van der Waals surface area contributed by atoms with Crippen LogP contribution in [-0.4, -0.2) is 58.4 Å². The highest BCUT2D eigenvalue weighted by atomic mass is 32.1. The molecule has 0 spiro atoms. The van der Waals surface area contributed by atoms with Gasteiger partial charge in [-0.25, -0.2) is 4.79 Å². The topological polar surface area (TPSA) is 87.1 Å². The summed E-state index contributed by atoms with van der Waals surface area (Å²) in [5.41, 5.74) is 2.26. The number of ketones is 1. The second-order valence-electron chi connectivity index (χ2n) is 17.2. The number of amides is 1. The first-order valence-corrected chi connectivity index (χ1v) is 19.9. The smallest absolute Gasteiger partial charge is 0.409 e. The number of nitrogens with zero attached hydrogens (tertiary/aromatic N) is 1. The number of rotatable bonds is 7. The number of carbonyl (C=O) groups is 2. The second kappa shape index (κ2) is 13.6. The first kappa shape index (κ1) is 34.9. The van der Waals surface area contributed by atoms with Crippen LogP contribution in [0.5, 0.6) is 0 Å². The summed E-state index contributed by atoms with van der Waals surface area (Å²) in [6.45, 7) is 9.47. The van der Waals surface area contributed by atoms with Gasteiger partial charge in [0.2, 0.25) is 5.78 Å². The number of carbonyl (C=O) groups excluding carboxylic acids is 2. The molecule has 1 amide bonds. The number of aliphatic hydroxyl groups excluding tert-OH is 1. The summed E-state index contributed by atoms with van der Waals surface area (Å²) < 4.78 is 5.72. The van der Waals surface area contributed by atoms with Gasteiger partial charge in [-0.15, -0.1) is 11.3 Å². The Morgan fingerprint density at radius 2 is 1.69 bits per heavy atom. The van der Waals surface area contributed by atoms with Gasteiger partial charge in [0.15, 0.2) is 0 Å². The van der Waals surface area contributed by atoms with E-state index in [9.17, 15) is 19.8 Å². The third-order valence-electron chi connectivity index (χ3n) is 13.6. The van der Waals surface area contributed by atoms with Gasteiger partial charge in [0.05, 0.1) is 29.7 Å². The molecule has 6 bridgehead atoms. The van der Waals surface area contributed by atoms with Crippen LogP contribution in [0.3, 0.4) is 0 Å². The molecule has 49 heavy (non-hydrogen) atoms. The van der Waals surface area contributed by atoms with Crippen LogP contribution in [0, 0.1) is 35.5 Å². The summed E-state index contributed by atoms with van der Waals surface area (Å²) in [6.07, 6.45) is 13.9. The highest BCUT2D eigenvalue weighted by molar-refractivity contribution is 7.14. The number of aryl methyl sites for hydroxylation is 1. The Balaban J connectivity index is 1.26. The lowest BCUT2D eigenvalue weighted by Gasteiger charge is -2.58. The van der Waals surface area contributed by atoms with E-state index in [1.54, 1.807) is 0 Å². The van der Waals surface area contributed by atoms with Gasteiger partial charge >= 0.3 is 6.09 Å². The molecule has 2 aromatic rings. The lowest BCUT2D eigenvalue weighted by Crippen LogP contribution is -2.58. The van der Waals surface area contributed by atoms with E-state index in [4.69, 9.17) is 4.74 Å². The first-order chi connectivity index (χ1) is 23.4. The van der Waals surface area contributed by atoms with Crippen LogP contribution in [-0.2, 0) is 11.2 Å². The highest BCUT2D eigenvalue weighted by Crippen LogP contribution is 2.62. The molecule has 5 fully saturated rings. The maximum Gasteiger partial charge on any atom is 0.409 e. The van der Waals surface area contributed by atoms with Crippen molar-refractivity contribution in [2.24, 2.45) is 28.6 Å². The minimum absolute atomic E-state index is 0.0139. The van der Waals surface area contributed by atoms with E-state index in [1.807, 2.05) is 36.9 Å². The number of aliphatic hydroxyl groups is 2. The lowest BCUT2D eigenvalue weighted by molar-refractivity contribution is -0.103. The molecule has 1 aromatic heterocycles. The zero-order valence-electron chi connectivity index (χ0n) is 30.1. The predicted molar refractivity (Wildman–Crippen MR) is 195 cm³/mol. The van der Waals surface area contributed by atoms with Crippen molar-refractivity contribution in [1.29, 1.82) is 0 Å². The number of hydrogen-bond donors (Lipinski definition) is 2. The van der Waals surface area contributed by atoms with Crippen LogP contribution < -0.4 is 0 Å². The Bertz CT molecular complexity index is 1560. The van der Waals surface area contributed by atoms with Crippen molar-refractivity contribution in [3.05, 3.63) is 68.4 Å². The molecule has 7 aliphatic rings. The summed E-state index contributed by atoms with van der Waals surface area (Å²) in [5.74, 6) is 2.26. The largest absolute Gasteiger partial charge is 0.450 e. The maximum atomic E-state index is 14.3. The normalized spacial score (nSPS) is 35.5. The number of fused-ring (bicyclic) bond motifs is 8. The predicted octanol–water partition coefficient (Wildman–Crippen LogP) is 9.00. The van der Waals surface area contributed by atoms with Gasteiger partial charge in [-0.3, -0.25) is 4.79 Å². The van der Waals surface area contributed by atoms with Crippen LogP contribution >= 0.6 is 11.3 Å². The second-order valence-corrected chi connectivity index (χ2v) is 18.4. The zero-order chi connectivity index (χ0) is 34.6. The minimum atomic E-state index is -1.15. The molecular formula is C42H57NO5S. The van der Waals surface area contributed by atoms with Gasteiger partial charge in [-0.1, -0.05) is 30.7 Å². The molecule has 0 saturated heterocycles. The monoisotopic (exact) mass is 687 g/mol. The van der Waals surface area contributed by atoms with Crippen molar-refractivity contribution < 1.29 is 24.5 Å². The fourth-order valence-corrected chi connectivity index (χ4v) is 12.3. The number of thiophene rings is 1. The SMILES string of the molecule is CCOC(=O)N(CC12CC3CC(CC(C3)C1)C2)C[C@]1(O)CC[C@H]2c3ccc(cc3C(=O)c3ccc(C)s3)C[C@@H](O)CCC(C)=CCC[C@@]21C. The van der Waals surface area contributed by atoms with E-state index in [0.29, 0.717) is 38.0 Å². The van der Waals surface area contributed by atoms with E-state index < -0.39 is 17.1 Å². The third-order valence-corrected chi connectivity index (χ3v) is 14.5. The Morgan fingerprint density at radius 1 is 0.980 bits per heavy atom. The quantitative estimate of drug-likeness (QED) is 0.224. The highest BCUT2D eigenvalue weighted by Gasteiger charge is 2.59. The van der Waals surface area contributed by atoms with Crippen molar-refractivity contribution in [3.8, 4) is 0 Å². The van der Waals surface area contributed by atoms with Gasteiger partial charge in [0.1, 0.15) is 0 Å². The summed E-state index contributed by atoms with van der Waals surface area (Å²) in [6, 6.07) is 10.1. The maximum absolute atomic E-state index is 14.3. The molecule has 6 nitrogen and oxygen atoms in total. The van der Waals surface area contributed by atoms with Crippen LogP contribution in [0.15, 0.2) is 42.0 Å². The number of ether oxygens (including phenoxy) is 1. The Morgan fingerprint density at radius 3 is 2.35 bits per heavy atom. The molecule has 0 radical (unpaired) electrons. The molecule has 1 aromatic carbocycles. The lowest BCUT2D eigenvalue weighted by atomic mass is 9.49. The summed E-state index contributed by atoms with van der Waals surface area (Å²) in [5, 5.41) is 24.0. The molecule has 5 saturated carbocycles. The summed E-state index contributed by atoms with van der Waals surface area (Å²) >= 11 is 1.52. The third kappa shape index (κ3) is 6.81. The first-order valence-electron chi connectivity index (χ1n) is 19.1. The van der Waals surface area contributed by atoms with E-state index in [1.165, 1.54) is 55.4 Å². The number of benzene rings is 1. The standard InChI is InChI=1S/C42H57NO5S/c1-5-48-39(46)43(25-41-22-30-17-31(23-41)19-32(18-30)24-41)26-42(47)16-14-36-34-12-10-29(21-35(34)38(45)37-13-9-28(3)49-37)20-33(44)11-8-27(2)7-6-15-40(36,42)4/h7,9-10,12-13,21,30-33,36,44,47H,5-6,8,11,14-20,22-26H2,1-4H3/t30?,31?,32?,33-,36-,40-,41?,42+/m0/s1. The van der Waals surface area contributed by atoms with E-state index in [-0.39, 0.29) is 29.8 Å². The van der Waals surface area contributed by atoms with Crippen molar-refractivity contribution in [2.45, 2.75) is 129 Å². The van der Waals surface area contributed by atoms with Crippen molar-refractivity contribution in [3.63, 3.8) is 0 Å². The van der Waals surface area contributed by atoms with E-state index in [0.717, 1.165) is 64.3 Å². The number of hydrogen-bond acceptors (Lipinski definition) is 6. The van der Waals surface area contributed by atoms with Gasteiger partial charge in [-0.2, -0.15) is 0 Å². The molecule has 0 aliphatic heterocycles. The molecule has 4 atom stereocenters. The van der Waals surface area contributed by atoms with Crippen LogP contribution in [0.25, 0.3) is 0 Å². The fourth-order valence-electron chi connectivity index (χ4n) is 11.5. The van der Waals surface area contributed by atoms with Gasteiger partial charge in [-0.05, 0) is 163 Å². The van der Waals surface area contributed by atoms with Gasteiger partial charge in [0, 0.05) is 22.4 Å². The molecule has 266 valence electrons. The molecule has 9 rings (SSSR count). The minimum Gasteiger partial charge on any atom is -0.450 e.